The van der Waals surface area contributed by atoms with Crippen molar-refractivity contribution in [3.05, 3.63) is 81.7 Å². The third-order valence-corrected chi connectivity index (χ3v) is 8.21. The van der Waals surface area contributed by atoms with Crippen LogP contribution in [0.5, 0.6) is 5.75 Å². The van der Waals surface area contributed by atoms with Gasteiger partial charge in [0, 0.05) is 10.8 Å². The average Bonchev–Trinajstić information content (AvgIpc) is 3.34. The fourth-order valence-corrected chi connectivity index (χ4v) is 5.93. The molecule has 33 heavy (non-hydrogen) atoms. The molecule has 1 aliphatic rings. The van der Waals surface area contributed by atoms with E-state index in [0.29, 0.717) is 29.4 Å². The summed E-state index contributed by atoms with van der Waals surface area (Å²) >= 11 is 9.64. The van der Waals surface area contributed by atoms with Gasteiger partial charge in [0.05, 0.1) is 16.9 Å². The largest absolute Gasteiger partial charge is 0.494 e. The number of aliphatic hydroxyl groups excluding tert-OH is 3. The van der Waals surface area contributed by atoms with E-state index < -0.39 is 30.5 Å². The molecule has 0 aliphatic carbocycles. The number of aliphatic hydroxyl groups is 3. The molecule has 0 bridgehead atoms. The topological polar surface area (TPSA) is 79.2 Å². The zero-order valence-corrected chi connectivity index (χ0v) is 20.5. The fraction of sp³-hybridized carbons (Fsp3) is 0.360. The third kappa shape index (κ3) is 5.92. The first-order chi connectivity index (χ1) is 16.0. The molecule has 0 spiro atoms. The Kier molecular flexibility index (Phi) is 8.35. The van der Waals surface area contributed by atoms with Gasteiger partial charge in [-0.25, -0.2) is 0 Å². The summed E-state index contributed by atoms with van der Waals surface area (Å²) in [7, 11) is 0. The predicted octanol–water partition coefficient (Wildman–Crippen LogP) is 4.71. The summed E-state index contributed by atoms with van der Waals surface area (Å²) < 4.78 is 12.7. The molecule has 1 fully saturated rings. The number of rotatable bonds is 8. The standard InChI is InChI=1S/C25H27ClO5S2/c1-2-30-18-8-5-15(6-9-18)12-17-13-16(7-10-19(17)26)25-24(29)23(28)22(27)20(31-25)14-33-21-4-3-11-32-21/h3-11,13,20,22-25,27-29H,2,12,14H2,1H3/t20-,22-,23+,24-,25+/m1/s1. The smallest absolute Gasteiger partial charge is 0.119 e. The zero-order chi connectivity index (χ0) is 23.4. The van der Waals surface area contributed by atoms with Crippen LogP contribution in [-0.4, -0.2) is 52.1 Å². The van der Waals surface area contributed by atoms with Gasteiger partial charge in [-0.3, -0.25) is 0 Å². The van der Waals surface area contributed by atoms with E-state index in [1.54, 1.807) is 35.2 Å². The van der Waals surface area contributed by atoms with Crippen molar-refractivity contribution in [2.24, 2.45) is 0 Å². The summed E-state index contributed by atoms with van der Waals surface area (Å²) in [5, 5.41) is 34.3. The maximum atomic E-state index is 10.7. The number of hydrogen-bond acceptors (Lipinski definition) is 7. The van der Waals surface area contributed by atoms with E-state index >= 15 is 0 Å². The van der Waals surface area contributed by atoms with Crippen LogP contribution >= 0.6 is 34.7 Å². The number of hydrogen-bond donors (Lipinski definition) is 3. The molecular weight excluding hydrogens is 480 g/mol. The second-order valence-corrected chi connectivity index (χ2v) is 10.6. The summed E-state index contributed by atoms with van der Waals surface area (Å²) in [6, 6.07) is 17.3. The number of thiophene rings is 1. The van der Waals surface area contributed by atoms with E-state index in [1.165, 1.54) is 0 Å². The van der Waals surface area contributed by atoms with E-state index in [9.17, 15) is 15.3 Å². The maximum Gasteiger partial charge on any atom is 0.119 e. The molecule has 3 N–H and O–H groups in total. The van der Waals surface area contributed by atoms with Crippen LogP contribution in [0.4, 0.5) is 0 Å². The molecule has 3 aromatic rings. The van der Waals surface area contributed by atoms with Gasteiger partial charge in [0.25, 0.3) is 0 Å². The van der Waals surface area contributed by atoms with Gasteiger partial charge in [0.2, 0.25) is 0 Å². The summed E-state index contributed by atoms with van der Waals surface area (Å²) in [5.41, 5.74) is 2.67. The van der Waals surface area contributed by atoms with Gasteiger partial charge in [-0.1, -0.05) is 41.9 Å². The molecule has 5 nitrogen and oxygen atoms in total. The Bertz CT molecular complexity index is 1030. The number of thioether (sulfide) groups is 1. The first kappa shape index (κ1) is 24.5. The van der Waals surface area contributed by atoms with Gasteiger partial charge in [0.1, 0.15) is 30.2 Å². The predicted molar refractivity (Wildman–Crippen MR) is 133 cm³/mol. The van der Waals surface area contributed by atoms with Crippen LogP contribution < -0.4 is 4.74 Å². The molecule has 1 aliphatic heterocycles. The molecule has 1 saturated heterocycles. The SMILES string of the molecule is CCOc1ccc(Cc2cc([C@@H]3O[C@H](CSc4cccs4)[C@@H](O)[C@H](O)[C@H]3O)ccc2Cl)cc1. The van der Waals surface area contributed by atoms with Crippen LogP contribution in [0, 0.1) is 0 Å². The van der Waals surface area contributed by atoms with Crippen LogP contribution in [0.25, 0.3) is 0 Å². The Hall–Kier alpha value is -1.58. The van der Waals surface area contributed by atoms with Gasteiger partial charge in [-0.2, -0.15) is 0 Å². The normalized spacial score (nSPS) is 25.2. The molecule has 0 radical (unpaired) electrons. The van der Waals surface area contributed by atoms with E-state index in [4.69, 9.17) is 21.1 Å². The van der Waals surface area contributed by atoms with Crippen LogP contribution in [0.15, 0.2) is 64.2 Å². The summed E-state index contributed by atoms with van der Waals surface area (Å²) in [4.78, 5) is 0. The highest BCUT2D eigenvalue weighted by molar-refractivity contribution is 8.01. The molecule has 0 unspecified atom stereocenters. The van der Waals surface area contributed by atoms with E-state index in [0.717, 1.165) is 21.1 Å². The Balaban J connectivity index is 1.51. The highest BCUT2D eigenvalue weighted by atomic mass is 35.5. The van der Waals surface area contributed by atoms with E-state index in [2.05, 4.69) is 0 Å². The van der Waals surface area contributed by atoms with Crippen LogP contribution in [0.3, 0.4) is 0 Å². The monoisotopic (exact) mass is 506 g/mol. The lowest BCUT2D eigenvalue weighted by Gasteiger charge is -2.41. The average molecular weight is 507 g/mol. The zero-order valence-electron chi connectivity index (χ0n) is 18.1. The van der Waals surface area contributed by atoms with Crippen molar-refractivity contribution in [2.45, 2.75) is 48.1 Å². The van der Waals surface area contributed by atoms with Crippen molar-refractivity contribution in [2.75, 3.05) is 12.4 Å². The second kappa shape index (κ2) is 11.2. The maximum absolute atomic E-state index is 10.7. The third-order valence-electron chi connectivity index (χ3n) is 5.62. The first-order valence-electron chi connectivity index (χ1n) is 10.8. The minimum Gasteiger partial charge on any atom is -0.494 e. The van der Waals surface area contributed by atoms with Crippen LogP contribution in [0.2, 0.25) is 5.02 Å². The summed E-state index contributed by atoms with van der Waals surface area (Å²) in [6.45, 7) is 2.56. The fourth-order valence-electron chi connectivity index (χ4n) is 3.87. The Morgan fingerprint density at radius 1 is 1.03 bits per heavy atom. The van der Waals surface area contributed by atoms with Gasteiger partial charge >= 0.3 is 0 Å². The highest BCUT2D eigenvalue weighted by Gasteiger charge is 2.44. The molecule has 4 rings (SSSR count). The van der Waals surface area contributed by atoms with Gasteiger partial charge in [0.15, 0.2) is 0 Å². The first-order valence-corrected chi connectivity index (χ1v) is 13.1. The lowest BCUT2D eigenvalue weighted by atomic mass is 9.90. The van der Waals surface area contributed by atoms with Crippen molar-refractivity contribution >= 4 is 34.7 Å². The van der Waals surface area contributed by atoms with E-state index in [1.807, 2.05) is 54.8 Å². The molecule has 2 heterocycles. The summed E-state index contributed by atoms with van der Waals surface area (Å²) in [5.74, 6) is 1.29. The summed E-state index contributed by atoms with van der Waals surface area (Å²) in [6.07, 6.45) is -4.51. The van der Waals surface area contributed by atoms with Crippen molar-refractivity contribution in [1.29, 1.82) is 0 Å². The highest BCUT2D eigenvalue weighted by Crippen LogP contribution is 2.36. The van der Waals surface area contributed by atoms with Gasteiger partial charge in [-0.05, 0) is 59.7 Å². The lowest BCUT2D eigenvalue weighted by molar-refractivity contribution is -0.218. The molecule has 2 aromatic carbocycles. The minimum atomic E-state index is -1.30. The minimum absolute atomic E-state index is 0.467. The Labute approximate surface area is 207 Å². The van der Waals surface area contributed by atoms with Crippen LogP contribution in [0.1, 0.15) is 29.7 Å². The number of benzene rings is 2. The Morgan fingerprint density at radius 3 is 2.52 bits per heavy atom. The molecule has 1 aromatic heterocycles. The van der Waals surface area contributed by atoms with Crippen molar-refractivity contribution in [3.8, 4) is 5.75 Å². The molecule has 5 atom stereocenters. The number of ether oxygens (including phenoxy) is 2. The quantitative estimate of drug-likeness (QED) is 0.384. The van der Waals surface area contributed by atoms with Crippen molar-refractivity contribution in [1.82, 2.24) is 0 Å². The van der Waals surface area contributed by atoms with E-state index in [-0.39, 0.29) is 0 Å². The van der Waals surface area contributed by atoms with Gasteiger partial charge in [-0.15, -0.1) is 23.1 Å². The molecule has 0 saturated carbocycles. The van der Waals surface area contributed by atoms with Gasteiger partial charge < -0.3 is 24.8 Å². The molecular formula is C25H27ClO5S2. The van der Waals surface area contributed by atoms with Crippen molar-refractivity contribution in [3.63, 3.8) is 0 Å². The van der Waals surface area contributed by atoms with Crippen molar-refractivity contribution < 1.29 is 24.8 Å². The van der Waals surface area contributed by atoms with Crippen LogP contribution in [-0.2, 0) is 11.2 Å². The number of halogens is 1. The molecule has 0 amide bonds. The second-order valence-electron chi connectivity index (χ2n) is 7.91. The lowest BCUT2D eigenvalue weighted by Crippen LogP contribution is -2.54. The molecule has 8 heteroatoms. The molecule has 176 valence electrons. The Morgan fingerprint density at radius 2 is 1.82 bits per heavy atom.